The van der Waals surface area contributed by atoms with Gasteiger partial charge >= 0.3 is 0 Å². The Bertz CT molecular complexity index is 510. The Morgan fingerprint density at radius 1 is 1.50 bits per heavy atom. The number of aromatic amines is 2. The number of hydrogen-bond acceptors (Lipinski definition) is 2. The number of aliphatic hydroxyl groups is 1. The summed E-state index contributed by atoms with van der Waals surface area (Å²) in [5, 5.41) is 10.0. The lowest BCUT2D eigenvalue weighted by Crippen LogP contribution is -2.04. The number of nitrogens with one attached hydrogen (secondary N) is 2. The molecule has 2 heterocycles. The third kappa shape index (κ3) is 1.15. The zero-order chi connectivity index (χ0) is 10.1. The maximum absolute atomic E-state index is 11.4. The van der Waals surface area contributed by atoms with Crippen molar-refractivity contribution in [2.75, 3.05) is 0 Å². The van der Waals surface area contributed by atoms with Crippen LogP contribution in [0.5, 0.6) is 0 Å². The van der Waals surface area contributed by atoms with Crippen LogP contribution < -0.4 is 5.56 Å². The quantitative estimate of drug-likeness (QED) is 0.662. The summed E-state index contributed by atoms with van der Waals surface area (Å²) in [6.07, 6.45) is 2.43. The van der Waals surface area contributed by atoms with E-state index in [2.05, 4.69) is 9.97 Å². The summed E-state index contributed by atoms with van der Waals surface area (Å²) >= 11 is 0. The molecule has 3 N–H and O–H groups in total. The van der Waals surface area contributed by atoms with Crippen molar-refractivity contribution in [3.8, 4) is 0 Å². The van der Waals surface area contributed by atoms with Gasteiger partial charge in [-0.15, -0.1) is 0 Å². The first-order valence-electron chi connectivity index (χ1n) is 4.60. The highest BCUT2D eigenvalue weighted by atomic mass is 16.3. The van der Waals surface area contributed by atoms with Gasteiger partial charge < -0.3 is 15.1 Å². The largest absolute Gasteiger partial charge is 0.390 e. The number of hydrogen-bond donors (Lipinski definition) is 3. The van der Waals surface area contributed by atoms with Gasteiger partial charge in [0, 0.05) is 17.3 Å². The molecule has 74 valence electrons. The van der Waals surface area contributed by atoms with Crippen molar-refractivity contribution in [1.82, 2.24) is 9.97 Å². The van der Waals surface area contributed by atoms with Gasteiger partial charge in [-0.25, -0.2) is 0 Å². The molecule has 0 unspecified atom stereocenters. The van der Waals surface area contributed by atoms with E-state index >= 15 is 0 Å². The van der Waals surface area contributed by atoms with Gasteiger partial charge in [0.15, 0.2) is 0 Å². The van der Waals surface area contributed by atoms with Crippen LogP contribution in [0, 0.1) is 0 Å². The highest BCUT2D eigenvalue weighted by Crippen LogP contribution is 2.19. The molecule has 0 saturated carbocycles. The lowest BCUT2D eigenvalue weighted by Gasteiger charge is -1.95. The van der Waals surface area contributed by atoms with E-state index in [-0.39, 0.29) is 12.2 Å². The van der Waals surface area contributed by atoms with Crippen molar-refractivity contribution >= 4 is 10.9 Å². The van der Waals surface area contributed by atoms with Crippen LogP contribution in [-0.4, -0.2) is 15.1 Å². The maximum Gasteiger partial charge on any atom is 0.272 e. The number of aryl methyl sites for hydroxylation is 1. The summed E-state index contributed by atoms with van der Waals surface area (Å²) in [6.45, 7) is 1.94. The van der Waals surface area contributed by atoms with Gasteiger partial charge in [0.25, 0.3) is 5.56 Å². The smallest absolute Gasteiger partial charge is 0.272 e. The van der Waals surface area contributed by atoms with E-state index < -0.39 is 0 Å². The van der Waals surface area contributed by atoms with Crippen LogP contribution in [0.2, 0.25) is 0 Å². The summed E-state index contributed by atoms with van der Waals surface area (Å²) in [4.78, 5) is 16.9. The van der Waals surface area contributed by atoms with Crippen molar-refractivity contribution in [3.63, 3.8) is 0 Å². The van der Waals surface area contributed by atoms with Gasteiger partial charge in [0.05, 0.1) is 6.61 Å². The van der Waals surface area contributed by atoms with E-state index in [1.54, 1.807) is 6.20 Å². The normalized spacial score (nSPS) is 11.0. The van der Waals surface area contributed by atoms with E-state index in [1.807, 2.05) is 13.0 Å². The number of aliphatic hydroxyl groups excluding tert-OH is 1. The van der Waals surface area contributed by atoms with Crippen LogP contribution >= 0.6 is 0 Å². The summed E-state index contributed by atoms with van der Waals surface area (Å²) in [5.41, 5.74) is 2.16. The van der Waals surface area contributed by atoms with Crippen LogP contribution in [0.3, 0.4) is 0 Å². The minimum atomic E-state index is -0.142. The van der Waals surface area contributed by atoms with E-state index in [9.17, 15) is 4.79 Å². The fraction of sp³-hybridized carbons (Fsp3) is 0.300. The fourth-order valence-electron chi connectivity index (χ4n) is 1.78. The second kappa shape index (κ2) is 3.31. The molecule has 0 bridgehead atoms. The molecule has 2 aromatic heterocycles. The van der Waals surface area contributed by atoms with Crippen LogP contribution in [0.1, 0.15) is 18.2 Å². The standard InChI is InChI=1S/C10H12N2O2/c1-2-6-7-3-4-11-10(14)9(7)12-8(6)5-13/h3-4,12-13H,2,5H2,1H3,(H,11,14). The first-order valence-corrected chi connectivity index (χ1v) is 4.60. The second-order valence-corrected chi connectivity index (χ2v) is 3.19. The molecular formula is C10H12N2O2. The Labute approximate surface area is 80.6 Å². The zero-order valence-electron chi connectivity index (χ0n) is 7.92. The molecule has 2 rings (SSSR count). The van der Waals surface area contributed by atoms with Crippen LogP contribution in [0.25, 0.3) is 10.9 Å². The maximum atomic E-state index is 11.4. The van der Waals surface area contributed by atoms with Gasteiger partial charge in [0.1, 0.15) is 5.52 Å². The van der Waals surface area contributed by atoms with E-state index in [0.29, 0.717) is 5.52 Å². The molecule has 2 aromatic rings. The molecule has 0 aliphatic rings. The molecule has 0 aliphatic carbocycles. The van der Waals surface area contributed by atoms with Gasteiger partial charge in [-0.1, -0.05) is 6.92 Å². The highest BCUT2D eigenvalue weighted by Gasteiger charge is 2.10. The predicted octanol–water partition coefficient (Wildman–Crippen LogP) is 0.911. The van der Waals surface area contributed by atoms with Crippen molar-refractivity contribution < 1.29 is 5.11 Å². The third-order valence-electron chi connectivity index (χ3n) is 2.44. The molecule has 0 radical (unpaired) electrons. The van der Waals surface area contributed by atoms with E-state index in [0.717, 1.165) is 23.1 Å². The van der Waals surface area contributed by atoms with Gasteiger partial charge in [-0.2, -0.15) is 0 Å². The SMILES string of the molecule is CCc1c(CO)[nH]c2c(=O)[nH]ccc12. The third-order valence-corrected chi connectivity index (χ3v) is 2.44. The molecule has 4 nitrogen and oxygen atoms in total. The monoisotopic (exact) mass is 192 g/mol. The zero-order valence-corrected chi connectivity index (χ0v) is 7.92. The molecule has 0 fully saturated rings. The van der Waals surface area contributed by atoms with Gasteiger partial charge in [-0.3, -0.25) is 4.79 Å². The van der Waals surface area contributed by atoms with Crippen LogP contribution in [0.15, 0.2) is 17.1 Å². The van der Waals surface area contributed by atoms with Gasteiger partial charge in [-0.05, 0) is 18.1 Å². The first kappa shape index (κ1) is 9.02. The number of fused-ring (bicyclic) bond motifs is 1. The topological polar surface area (TPSA) is 68.9 Å². The molecule has 4 heteroatoms. The summed E-state index contributed by atoms with van der Waals surface area (Å²) in [6, 6.07) is 1.85. The minimum Gasteiger partial charge on any atom is -0.390 e. The Morgan fingerprint density at radius 3 is 2.93 bits per heavy atom. The van der Waals surface area contributed by atoms with Crippen LogP contribution in [0.4, 0.5) is 0 Å². The number of pyridine rings is 1. The minimum absolute atomic E-state index is 0.0582. The first-order chi connectivity index (χ1) is 6.77. The van der Waals surface area contributed by atoms with Crippen molar-refractivity contribution in [2.45, 2.75) is 20.0 Å². The molecular weight excluding hydrogens is 180 g/mol. The van der Waals surface area contributed by atoms with Gasteiger partial charge in [0.2, 0.25) is 0 Å². The Balaban J connectivity index is 2.86. The Hall–Kier alpha value is -1.55. The predicted molar refractivity (Wildman–Crippen MR) is 54.2 cm³/mol. The summed E-state index contributed by atoms with van der Waals surface area (Å²) < 4.78 is 0. The van der Waals surface area contributed by atoms with E-state index in [4.69, 9.17) is 5.11 Å². The lowest BCUT2D eigenvalue weighted by molar-refractivity contribution is 0.276. The Morgan fingerprint density at radius 2 is 2.29 bits per heavy atom. The molecule has 0 spiro atoms. The average molecular weight is 192 g/mol. The molecule has 0 aromatic carbocycles. The van der Waals surface area contributed by atoms with Crippen molar-refractivity contribution in [3.05, 3.63) is 33.9 Å². The number of rotatable bonds is 2. The lowest BCUT2D eigenvalue weighted by atomic mass is 10.1. The summed E-state index contributed by atoms with van der Waals surface area (Å²) in [5.74, 6) is 0. The van der Waals surface area contributed by atoms with E-state index in [1.165, 1.54) is 0 Å². The molecule has 0 saturated heterocycles. The van der Waals surface area contributed by atoms with Crippen LogP contribution in [-0.2, 0) is 13.0 Å². The summed E-state index contributed by atoms with van der Waals surface area (Å²) in [7, 11) is 0. The molecule has 14 heavy (non-hydrogen) atoms. The van der Waals surface area contributed by atoms with Crippen molar-refractivity contribution in [2.24, 2.45) is 0 Å². The number of H-pyrrole nitrogens is 2. The Kier molecular flexibility index (Phi) is 2.13. The molecule has 0 aliphatic heterocycles. The molecule has 0 atom stereocenters. The molecule has 0 amide bonds. The second-order valence-electron chi connectivity index (χ2n) is 3.19. The average Bonchev–Trinajstić information content (AvgIpc) is 2.57. The van der Waals surface area contributed by atoms with Crippen molar-refractivity contribution in [1.29, 1.82) is 0 Å². The number of aromatic nitrogens is 2. The fourth-order valence-corrected chi connectivity index (χ4v) is 1.78. The highest BCUT2D eigenvalue weighted by molar-refractivity contribution is 5.83.